The molecule has 4 rings (SSSR count). The zero-order valence-electron chi connectivity index (χ0n) is 13.5. The van der Waals surface area contributed by atoms with Gasteiger partial charge < -0.3 is 4.42 Å². The van der Waals surface area contributed by atoms with Crippen LogP contribution >= 0.6 is 22.9 Å². The van der Waals surface area contributed by atoms with Crippen LogP contribution in [-0.4, -0.2) is 10.9 Å². The van der Waals surface area contributed by atoms with E-state index in [2.05, 4.69) is 10.3 Å². The SMILES string of the molecule is Cc1cc2oc(C(=O)Nc3nc4c(s3)CCCC4)c(C)c2cc1Cl. The van der Waals surface area contributed by atoms with Gasteiger partial charge in [-0.3, -0.25) is 10.1 Å². The molecule has 0 spiro atoms. The van der Waals surface area contributed by atoms with Crippen molar-refractivity contribution in [3.8, 4) is 0 Å². The van der Waals surface area contributed by atoms with Crippen molar-refractivity contribution in [3.63, 3.8) is 0 Å². The van der Waals surface area contributed by atoms with Gasteiger partial charge in [0.2, 0.25) is 0 Å². The third-order valence-corrected chi connectivity index (χ3v) is 5.97. The molecule has 0 saturated heterocycles. The fraction of sp³-hybridized carbons (Fsp3) is 0.333. The summed E-state index contributed by atoms with van der Waals surface area (Å²) in [4.78, 5) is 18.5. The summed E-state index contributed by atoms with van der Waals surface area (Å²) in [5.74, 6) is 0.0587. The zero-order valence-corrected chi connectivity index (χ0v) is 15.1. The predicted molar refractivity (Wildman–Crippen MR) is 97.4 cm³/mol. The highest BCUT2D eigenvalue weighted by molar-refractivity contribution is 7.15. The Hall–Kier alpha value is -1.85. The van der Waals surface area contributed by atoms with Crippen LogP contribution in [0.2, 0.25) is 5.02 Å². The van der Waals surface area contributed by atoms with E-state index in [9.17, 15) is 4.79 Å². The van der Waals surface area contributed by atoms with Crippen LogP contribution < -0.4 is 5.32 Å². The van der Waals surface area contributed by atoms with Crippen LogP contribution in [-0.2, 0) is 12.8 Å². The van der Waals surface area contributed by atoms with Crippen LogP contribution in [0.1, 0.15) is 45.1 Å². The highest BCUT2D eigenvalue weighted by atomic mass is 35.5. The lowest BCUT2D eigenvalue weighted by Gasteiger charge is -2.06. The lowest BCUT2D eigenvalue weighted by Crippen LogP contribution is -2.12. The number of fused-ring (bicyclic) bond motifs is 2. The predicted octanol–water partition coefficient (Wildman–Crippen LogP) is 5.29. The van der Waals surface area contributed by atoms with E-state index < -0.39 is 0 Å². The molecule has 0 bridgehead atoms. The zero-order chi connectivity index (χ0) is 16.8. The summed E-state index contributed by atoms with van der Waals surface area (Å²) < 4.78 is 5.78. The maximum absolute atomic E-state index is 12.6. The van der Waals surface area contributed by atoms with E-state index >= 15 is 0 Å². The largest absolute Gasteiger partial charge is 0.451 e. The Balaban J connectivity index is 1.65. The fourth-order valence-corrected chi connectivity index (χ4v) is 4.33. The van der Waals surface area contributed by atoms with Crippen LogP contribution in [0.3, 0.4) is 0 Å². The molecular formula is C18H17ClN2O2S. The number of hydrogen-bond donors (Lipinski definition) is 1. The molecule has 2 aromatic heterocycles. The van der Waals surface area contributed by atoms with Crippen molar-refractivity contribution in [2.45, 2.75) is 39.5 Å². The summed E-state index contributed by atoms with van der Waals surface area (Å²) in [5.41, 5.74) is 3.53. The van der Waals surface area contributed by atoms with Gasteiger partial charge in [-0.05, 0) is 57.2 Å². The van der Waals surface area contributed by atoms with Gasteiger partial charge in [0.15, 0.2) is 10.9 Å². The molecule has 1 aromatic carbocycles. The van der Waals surface area contributed by atoms with E-state index in [0.717, 1.165) is 35.0 Å². The quantitative estimate of drug-likeness (QED) is 0.675. The first-order valence-corrected chi connectivity index (χ1v) is 9.21. The van der Waals surface area contributed by atoms with E-state index in [-0.39, 0.29) is 5.91 Å². The maximum atomic E-state index is 12.6. The van der Waals surface area contributed by atoms with Crippen molar-refractivity contribution < 1.29 is 9.21 Å². The van der Waals surface area contributed by atoms with Crippen LogP contribution in [0, 0.1) is 13.8 Å². The molecule has 0 saturated carbocycles. The van der Waals surface area contributed by atoms with Gasteiger partial charge in [0.05, 0.1) is 5.69 Å². The fourth-order valence-electron chi connectivity index (χ4n) is 3.12. The van der Waals surface area contributed by atoms with Crippen molar-refractivity contribution in [1.29, 1.82) is 0 Å². The van der Waals surface area contributed by atoms with Crippen LogP contribution in [0.4, 0.5) is 5.13 Å². The molecule has 0 atom stereocenters. The number of rotatable bonds is 2. The molecule has 124 valence electrons. The molecule has 0 radical (unpaired) electrons. The second-order valence-electron chi connectivity index (χ2n) is 6.20. The summed E-state index contributed by atoms with van der Waals surface area (Å²) in [5, 5.41) is 5.08. The number of aryl methyl sites for hydroxylation is 4. The molecule has 6 heteroatoms. The molecule has 4 nitrogen and oxygen atoms in total. The molecule has 1 amide bonds. The van der Waals surface area contributed by atoms with Crippen molar-refractivity contribution >= 4 is 44.9 Å². The average molecular weight is 361 g/mol. The number of furan rings is 1. The molecule has 0 aliphatic heterocycles. The minimum Gasteiger partial charge on any atom is -0.451 e. The highest BCUT2D eigenvalue weighted by Crippen LogP contribution is 2.32. The van der Waals surface area contributed by atoms with Crippen LogP contribution in [0.15, 0.2) is 16.5 Å². The number of thiazole rings is 1. The summed E-state index contributed by atoms with van der Waals surface area (Å²) in [6.45, 7) is 3.79. The Morgan fingerprint density at radius 1 is 1.29 bits per heavy atom. The topological polar surface area (TPSA) is 55.1 Å². The van der Waals surface area contributed by atoms with Gasteiger partial charge >= 0.3 is 0 Å². The van der Waals surface area contributed by atoms with Gasteiger partial charge in [0, 0.05) is 20.8 Å². The molecule has 0 unspecified atom stereocenters. The van der Waals surface area contributed by atoms with E-state index in [1.807, 2.05) is 26.0 Å². The number of halogens is 1. The average Bonchev–Trinajstić information content (AvgIpc) is 3.09. The number of carbonyl (C=O) groups excluding carboxylic acids is 1. The summed E-state index contributed by atoms with van der Waals surface area (Å²) in [7, 11) is 0. The minimum atomic E-state index is -0.261. The Bertz CT molecular complexity index is 934. The number of benzene rings is 1. The Morgan fingerprint density at radius 3 is 2.88 bits per heavy atom. The van der Waals surface area contributed by atoms with Crippen LogP contribution in [0.5, 0.6) is 0 Å². The minimum absolute atomic E-state index is 0.261. The van der Waals surface area contributed by atoms with Crippen molar-refractivity contribution in [3.05, 3.63) is 44.6 Å². The van der Waals surface area contributed by atoms with Crippen molar-refractivity contribution in [2.75, 3.05) is 5.32 Å². The molecule has 2 heterocycles. The Morgan fingerprint density at radius 2 is 2.08 bits per heavy atom. The molecule has 0 fully saturated rings. The van der Waals surface area contributed by atoms with Crippen LogP contribution in [0.25, 0.3) is 11.0 Å². The third-order valence-electron chi connectivity index (χ3n) is 4.49. The van der Waals surface area contributed by atoms with E-state index in [0.29, 0.717) is 21.5 Å². The number of carbonyl (C=O) groups is 1. The van der Waals surface area contributed by atoms with Gasteiger partial charge in [0.25, 0.3) is 5.91 Å². The highest BCUT2D eigenvalue weighted by Gasteiger charge is 2.21. The van der Waals surface area contributed by atoms with Gasteiger partial charge in [0.1, 0.15) is 5.58 Å². The van der Waals surface area contributed by atoms with Crippen molar-refractivity contribution in [1.82, 2.24) is 4.98 Å². The number of amides is 1. The summed E-state index contributed by atoms with van der Waals surface area (Å²) in [6.07, 6.45) is 4.44. The molecular weight excluding hydrogens is 344 g/mol. The summed E-state index contributed by atoms with van der Waals surface area (Å²) in [6, 6.07) is 3.72. The maximum Gasteiger partial charge on any atom is 0.293 e. The van der Waals surface area contributed by atoms with Gasteiger partial charge in [-0.1, -0.05) is 11.6 Å². The number of aromatic nitrogens is 1. The monoisotopic (exact) mass is 360 g/mol. The molecule has 24 heavy (non-hydrogen) atoms. The number of nitrogens with one attached hydrogen (secondary N) is 1. The van der Waals surface area contributed by atoms with Crippen molar-refractivity contribution in [2.24, 2.45) is 0 Å². The molecule has 1 N–H and O–H groups in total. The normalized spacial score (nSPS) is 14.0. The van der Waals surface area contributed by atoms with E-state index in [1.165, 1.54) is 17.7 Å². The Kier molecular flexibility index (Phi) is 3.85. The number of nitrogens with zero attached hydrogens (tertiary/aromatic N) is 1. The van der Waals surface area contributed by atoms with Gasteiger partial charge in [-0.2, -0.15) is 0 Å². The lowest BCUT2D eigenvalue weighted by atomic mass is 10.0. The first-order valence-electron chi connectivity index (χ1n) is 8.02. The van der Waals surface area contributed by atoms with Gasteiger partial charge in [-0.15, -0.1) is 11.3 Å². The van der Waals surface area contributed by atoms with E-state index in [4.69, 9.17) is 16.0 Å². The smallest absolute Gasteiger partial charge is 0.293 e. The first kappa shape index (κ1) is 15.7. The second-order valence-corrected chi connectivity index (χ2v) is 7.69. The third kappa shape index (κ3) is 2.62. The molecule has 1 aliphatic rings. The first-order chi connectivity index (χ1) is 11.5. The second kappa shape index (κ2) is 5.90. The Labute approximate surface area is 148 Å². The molecule has 3 aromatic rings. The number of hydrogen-bond acceptors (Lipinski definition) is 4. The van der Waals surface area contributed by atoms with E-state index in [1.54, 1.807) is 11.3 Å². The summed E-state index contributed by atoms with van der Waals surface area (Å²) >= 11 is 7.76. The molecule has 1 aliphatic carbocycles. The lowest BCUT2D eigenvalue weighted by molar-refractivity contribution is 0.0998. The standard InChI is InChI=1S/C18H17ClN2O2S/c1-9-7-14-11(8-12(9)19)10(2)16(23-14)17(22)21-18-20-13-5-3-4-6-15(13)24-18/h7-8H,3-6H2,1-2H3,(H,20,21,22). The van der Waals surface area contributed by atoms with Gasteiger partial charge in [-0.25, -0.2) is 4.98 Å². The number of anilines is 1.